The molecule has 25 heteroatoms. The van der Waals surface area contributed by atoms with Gasteiger partial charge in [0.25, 0.3) is 0 Å². The highest BCUT2D eigenvalue weighted by molar-refractivity contribution is 8.00. The number of hydrogen-bond donors (Lipinski definition) is 7. The van der Waals surface area contributed by atoms with Crippen LogP contribution in [-0.2, 0) is 66.4 Å². The molecule has 2 aliphatic rings. The number of alkyl carbamates (subject to hydrolysis) is 1. The van der Waals surface area contributed by atoms with Gasteiger partial charge >= 0.3 is 12.1 Å². The number of carbonyl (C=O) groups excluding carboxylic acids is 4. The first kappa shape index (κ1) is 62.6. The maximum absolute atomic E-state index is 12.1. The van der Waals surface area contributed by atoms with Crippen molar-refractivity contribution >= 4 is 35.7 Å². The number of thioether (sulfide) groups is 1. The van der Waals surface area contributed by atoms with Crippen molar-refractivity contribution in [1.29, 1.82) is 5.53 Å². The Morgan fingerprint density at radius 2 is 1.04 bits per heavy atom. The molecule has 2 aliphatic heterocycles. The lowest BCUT2D eigenvalue weighted by molar-refractivity contribution is -0.123. The topological polar surface area (TPSA) is 287 Å². The highest BCUT2D eigenvalue weighted by Gasteiger charge is 2.42. The molecule has 2 heterocycles. The van der Waals surface area contributed by atoms with Gasteiger partial charge in [-0.3, -0.25) is 9.59 Å². The van der Waals surface area contributed by atoms with Gasteiger partial charge in [0.15, 0.2) is 0 Å². The van der Waals surface area contributed by atoms with Crippen LogP contribution in [0.25, 0.3) is 0 Å². The van der Waals surface area contributed by atoms with E-state index in [1.165, 1.54) is 0 Å². The molecule has 0 aromatic carbocycles. The van der Waals surface area contributed by atoms with Crippen LogP contribution < -0.4 is 31.9 Å². The Morgan fingerprint density at radius 1 is 0.600 bits per heavy atom. The van der Waals surface area contributed by atoms with Crippen molar-refractivity contribution in [3.05, 3.63) is 11.9 Å². The summed E-state index contributed by atoms with van der Waals surface area (Å²) in [6, 6.07) is 0.352. The average molecular weight is 1030 g/mol. The first-order chi connectivity index (χ1) is 34.1. The van der Waals surface area contributed by atoms with Crippen molar-refractivity contribution in [2.75, 3.05) is 177 Å². The minimum atomic E-state index is -0.529. The zero-order valence-corrected chi connectivity index (χ0v) is 42.6. The first-order valence-electron chi connectivity index (χ1n) is 24.4. The van der Waals surface area contributed by atoms with Crippen molar-refractivity contribution in [3.63, 3.8) is 0 Å². The number of rotatable bonds is 48. The van der Waals surface area contributed by atoms with Gasteiger partial charge in [-0.25, -0.2) is 15.1 Å². The van der Waals surface area contributed by atoms with Gasteiger partial charge in [0.05, 0.1) is 157 Å². The molecule has 7 N–H and O–H groups in total. The van der Waals surface area contributed by atoms with Crippen LogP contribution in [0.15, 0.2) is 17.0 Å². The summed E-state index contributed by atoms with van der Waals surface area (Å²) in [5, 5.41) is 21.2. The molecule has 2 fully saturated rings. The lowest BCUT2D eigenvalue weighted by atomic mass is 10.0. The maximum atomic E-state index is 12.1. The van der Waals surface area contributed by atoms with Gasteiger partial charge in [-0.2, -0.15) is 16.9 Å². The second kappa shape index (κ2) is 43.1. The molecule has 2 rings (SSSR count). The highest BCUT2D eigenvalue weighted by Crippen LogP contribution is 2.33. The zero-order valence-electron chi connectivity index (χ0n) is 41.8. The first-order valence-corrected chi connectivity index (χ1v) is 25.5. The molecule has 0 spiro atoms. The number of urea groups is 1. The van der Waals surface area contributed by atoms with Crippen LogP contribution in [0.3, 0.4) is 0 Å². The molecule has 0 bridgehead atoms. The third-order valence-corrected chi connectivity index (χ3v) is 11.1. The van der Waals surface area contributed by atoms with Crippen LogP contribution in [0, 0.1) is 5.53 Å². The van der Waals surface area contributed by atoms with E-state index in [0.717, 1.165) is 25.0 Å². The summed E-state index contributed by atoms with van der Waals surface area (Å²) in [4.78, 5) is 47.1. The van der Waals surface area contributed by atoms with Crippen molar-refractivity contribution in [1.82, 2.24) is 31.9 Å². The summed E-state index contributed by atoms with van der Waals surface area (Å²) in [6.07, 6.45) is 4.62. The monoisotopic (exact) mass is 1020 g/mol. The van der Waals surface area contributed by atoms with Crippen molar-refractivity contribution < 1.29 is 76.0 Å². The van der Waals surface area contributed by atoms with Gasteiger partial charge in [0.1, 0.15) is 11.3 Å². The predicted octanol–water partition coefficient (Wildman–Crippen LogP) is 1.50. The number of nitrogens with one attached hydrogen (secondary N) is 7. The molecule has 5 amide bonds. The van der Waals surface area contributed by atoms with Crippen molar-refractivity contribution in [2.45, 2.75) is 75.8 Å². The van der Waals surface area contributed by atoms with E-state index in [1.54, 1.807) is 27.0 Å². The normalized spacial score (nSPS) is 16.6. The van der Waals surface area contributed by atoms with E-state index in [0.29, 0.717) is 182 Å². The van der Waals surface area contributed by atoms with Gasteiger partial charge in [0, 0.05) is 56.2 Å². The van der Waals surface area contributed by atoms with Crippen LogP contribution in [0.1, 0.15) is 52.9 Å². The highest BCUT2D eigenvalue weighted by atomic mass is 32.2. The van der Waals surface area contributed by atoms with Crippen LogP contribution in [-0.4, -0.2) is 224 Å². The van der Waals surface area contributed by atoms with Crippen LogP contribution in [0.2, 0.25) is 0 Å². The Hall–Kier alpha value is -3.47. The summed E-state index contributed by atoms with van der Waals surface area (Å²) in [5.74, 6) is 0.839. The summed E-state index contributed by atoms with van der Waals surface area (Å²) < 4.78 is 65.4. The zero-order chi connectivity index (χ0) is 50.6. The Balaban J connectivity index is 1.20. The Kier molecular flexibility index (Phi) is 38.6. The Labute approximate surface area is 418 Å². The molecule has 0 unspecified atom stereocenters. The standard InChI is InChI=1S/C45H84N8O16S/c1-45(2,3)69-44(57)50-12-17-61-20-23-64-26-29-65-28-25-63-22-19-60-16-11-49-41(55)8-13-58-18-21-62-24-27-66-30-31-67-32-33-68-35-37(53-46)34-47-9-14-59-15-10-48-40(54)7-5-4-6-39-42-38(36-70-39)51-43(56)52-42/h34,38-39,42,46-47H,4-33,35-36H2,1-3H3,(H,48,54)(H,49,55)(H,50,57)(H2,51,52,56)/b37-34-,53-46?/t38-,39+,42-/m1/s1. The van der Waals surface area contributed by atoms with Crippen molar-refractivity contribution in [3.8, 4) is 0 Å². The fraction of sp³-hybridized carbons (Fsp3) is 0.867. The smallest absolute Gasteiger partial charge is 0.407 e. The quantitative estimate of drug-likeness (QED) is 0.0258. The van der Waals surface area contributed by atoms with E-state index in [2.05, 4.69) is 37.0 Å². The fourth-order valence-corrected chi connectivity index (χ4v) is 7.79. The van der Waals surface area contributed by atoms with E-state index >= 15 is 0 Å². The molecule has 0 aromatic heterocycles. The van der Waals surface area contributed by atoms with Gasteiger partial charge in [-0.1, -0.05) is 6.42 Å². The molecular weight excluding hydrogens is 941 g/mol. The molecule has 2 saturated heterocycles. The number of hydrogen-bond acceptors (Lipinski definition) is 20. The summed E-state index contributed by atoms with van der Waals surface area (Å²) >= 11 is 1.89. The van der Waals surface area contributed by atoms with E-state index in [4.69, 9.17) is 62.4 Å². The number of carbonyl (C=O) groups is 4. The number of fused-ring (bicyclic) bond motifs is 1. The molecule has 0 aliphatic carbocycles. The average Bonchev–Trinajstić information content (AvgIpc) is 3.89. The fourth-order valence-electron chi connectivity index (χ4n) is 6.25. The summed E-state index contributed by atoms with van der Waals surface area (Å²) in [5.41, 5.74) is 7.25. The van der Waals surface area contributed by atoms with Gasteiger partial charge < -0.3 is 88.7 Å². The molecule has 0 radical (unpaired) electrons. The van der Waals surface area contributed by atoms with Crippen molar-refractivity contribution in [2.24, 2.45) is 5.11 Å². The van der Waals surface area contributed by atoms with E-state index in [-0.39, 0.29) is 43.0 Å². The Bertz CT molecular complexity index is 1410. The molecule has 0 saturated carbocycles. The molecule has 0 aromatic rings. The van der Waals surface area contributed by atoms with Gasteiger partial charge in [0.2, 0.25) is 11.8 Å². The number of ether oxygens (including phenoxy) is 12. The van der Waals surface area contributed by atoms with E-state index in [9.17, 15) is 19.2 Å². The van der Waals surface area contributed by atoms with Gasteiger partial charge in [-0.05, 0) is 33.6 Å². The molecule has 3 atom stereocenters. The van der Waals surface area contributed by atoms with E-state index in [1.807, 2.05) is 11.8 Å². The third kappa shape index (κ3) is 37.3. The minimum absolute atomic E-state index is 0.0140. The van der Waals surface area contributed by atoms with Crippen LogP contribution >= 0.6 is 11.8 Å². The lowest BCUT2D eigenvalue weighted by Gasteiger charge is -2.19. The molecule has 70 heavy (non-hydrogen) atoms. The number of nitrogens with zero attached hydrogens (tertiary/aromatic N) is 1. The largest absolute Gasteiger partial charge is 0.444 e. The SMILES string of the molecule is CC(C)(C)OC(=O)NCCOCCOCCOCCOCCOCCNC(=O)CCOCCOCCOCCOCCOC/C(=C/NCCOCCNC(=O)CCCC[C@@H]1SC[C@H]2NC(=O)N[C@@H]12)N=N. The summed E-state index contributed by atoms with van der Waals surface area (Å²) in [6.45, 7) is 15.7. The number of amides is 5. The predicted molar refractivity (Wildman–Crippen MR) is 259 cm³/mol. The van der Waals surface area contributed by atoms with Gasteiger partial charge in [-0.15, -0.1) is 0 Å². The molecular formula is C45H84N8O16S. The maximum Gasteiger partial charge on any atom is 0.407 e. The third-order valence-electron chi connectivity index (χ3n) is 9.63. The van der Waals surface area contributed by atoms with Crippen LogP contribution in [0.4, 0.5) is 9.59 Å². The second-order valence-corrected chi connectivity index (χ2v) is 17.9. The second-order valence-electron chi connectivity index (χ2n) is 16.6. The van der Waals surface area contributed by atoms with E-state index < -0.39 is 11.7 Å². The number of unbranched alkanes of at least 4 members (excludes halogenated alkanes) is 1. The Morgan fingerprint density at radius 3 is 1.56 bits per heavy atom. The van der Waals surface area contributed by atoms with Crippen LogP contribution in [0.5, 0.6) is 0 Å². The minimum Gasteiger partial charge on any atom is -0.444 e. The molecule has 24 nitrogen and oxygen atoms in total. The summed E-state index contributed by atoms with van der Waals surface area (Å²) in [7, 11) is 0. The lowest BCUT2D eigenvalue weighted by Crippen LogP contribution is -2.36. The molecule has 406 valence electrons.